The first-order valence-electron chi connectivity index (χ1n) is 22.6. The molecule has 0 aromatic heterocycles. The van der Waals surface area contributed by atoms with Crippen LogP contribution in [0.2, 0.25) is 0 Å². The second kappa shape index (κ2) is 20.3. The number of carboxylic acids is 1. The molecule has 6 aliphatic carbocycles. The Labute approximate surface area is 317 Å². The first-order valence-corrected chi connectivity index (χ1v) is 23.8. The Balaban J connectivity index is 0.000000203. The third kappa shape index (κ3) is 10.3. The maximum Gasteiger partial charge on any atom is 0.300 e. The number of hydrogen-bond acceptors (Lipinski definition) is 1. The highest BCUT2D eigenvalue weighted by Crippen LogP contribution is 2.65. The van der Waals surface area contributed by atoms with Crippen molar-refractivity contribution in [3.05, 3.63) is 0 Å². The van der Waals surface area contributed by atoms with Gasteiger partial charge in [0, 0.05) is 6.92 Å². The SMILES string of the molecule is CC(=O)O.CC(C)(P)C(C1CCCCC1)(C1CCCCC1)C1CCCCC1.CC(C)(P)C(C1CCCCC1)(C1CCCCC1)C1CCCCC1. The molecule has 0 saturated heterocycles. The highest BCUT2D eigenvalue weighted by molar-refractivity contribution is 7.19. The van der Waals surface area contributed by atoms with E-state index in [4.69, 9.17) is 9.90 Å². The standard InChI is InChI=1S/2C22H41P.C2H4O2/c2*1-21(2,23)22(18-12-6-3-7-13-18,19-14-8-4-9-15-19)20-16-10-5-11-17-20;1-2(3)4/h2*18-20H,3-17,23H2,1-2H3;1H3,(H,3,4). The molecule has 6 aliphatic rings. The lowest BCUT2D eigenvalue weighted by molar-refractivity contribution is -0.134. The summed E-state index contributed by atoms with van der Waals surface area (Å²) in [5.41, 5.74) is 1.22. The summed E-state index contributed by atoms with van der Waals surface area (Å²) in [6, 6.07) is 0. The summed E-state index contributed by atoms with van der Waals surface area (Å²) in [7, 11) is 6.75. The number of carboxylic acid groups (broad SMARTS) is 1. The molecule has 0 radical (unpaired) electrons. The van der Waals surface area contributed by atoms with Gasteiger partial charge in [-0.25, -0.2) is 0 Å². The van der Waals surface area contributed by atoms with Crippen molar-refractivity contribution in [3.8, 4) is 0 Å². The Morgan fingerprint density at radius 1 is 0.380 bits per heavy atom. The van der Waals surface area contributed by atoms with Crippen molar-refractivity contribution in [1.82, 2.24) is 0 Å². The van der Waals surface area contributed by atoms with E-state index in [0.29, 0.717) is 21.1 Å². The Morgan fingerprint density at radius 3 is 0.600 bits per heavy atom. The van der Waals surface area contributed by atoms with E-state index in [1.54, 1.807) is 0 Å². The molecule has 0 amide bonds. The summed E-state index contributed by atoms with van der Waals surface area (Å²) in [4.78, 5) is 9.00. The zero-order chi connectivity index (χ0) is 36.3. The summed E-state index contributed by atoms with van der Waals surface area (Å²) < 4.78 is 0. The molecule has 2 nitrogen and oxygen atoms in total. The van der Waals surface area contributed by atoms with Crippen LogP contribution in [0.15, 0.2) is 0 Å². The minimum atomic E-state index is -0.833. The molecule has 0 heterocycles. The Hall–Kier alpha value is 0.330. The van der Waals surface area contributed by atoms with Crippen LogP contribution in [0, 0.1) is 46.3 Å². The van der Waals surface area contributed by atoms with Gasteiger partial charge in [0.2, 0.25) is 0 Å². The molecular formula is C46H86O2P2. The van der Waals surface area contributed by atoms with Gasteiger partial charge in [-0.2, -0.15) is 0 Å². The van der Waals surface area contributed by atoms with E-state index >= 15 is 0 Å². The molecule has 6 saturated carbocycles. The van der Waals surface area contributed by atoms with Gasteiger partial charge in [0.15, 0.2) is 0 Å². The predicted molar refractivity (Wildman–Crippen MR) is 225 cm³/mol. The summed E-state index contributed by atoms with van der Waals surface area (Å²) in [6.45, 7) is 11.5. The first kappa shape index (κ1) is 43.1. The fraction of sp³-hybridized carbons (Fsp3) is 0.978. The maximum absolute atomic E-state index is 9.00. The molecule has 1 N–H and O–H groups in total. The molecule has 0 aliphatic heterocycles. The average Bonchev–Trinajstić information content (AvgIpc) is 3.11. The third-order valence-electron chi connectivity index (χ3n) is 15.9. The minimum absolute atomic E-state index is 0.402. The van der Waals surface area contributed by atoms with Crippen molar-refractivity contribution in [2.24, 2.45) is 46.3 Å². The number of hydrogen-bond donors (Lipinski definition) is 1. The quantitative estimate of drug-likeness (QED) is 0.252. The molecular weight excluding hydrogens is 646 g/mol. The van der Waals surface area contributed by atoms with Crippen molar-refractivity contribution in [2.75, 3.05) is 0 Å². The zero-order valence-electron chi connectivity index (χ0n) is 34.2. The van der Waals surface area contributed by atoms with Crippen molar-refractivity contribution in [2.45, 2.75) is 238 Å². The lowest BCUT2D eigenvalue weighted by Gasteiger charge is -2.61. The Kier molecular flexibility index (Phi) is 17.5. The maximum atomic E-state index is 9.00. The molecule has 2 unspecified atom stereocenters. The second-order valence-corrected chi connectivity index (χ2v) is 22.7. The van der Waals surface area contributed by atoms with Crippen molar-refractivity contribution < 1.29 is 9.90 Å². The predicted octanol–water partition coefficient (Wildman–Crippen LogP) is 14.8. The van der Waals surface area contributed by atoms with Crippen LogP contribution in [0.3, 0.4) is 0 Å². The molecule has 4 heteroatoms. The third-order valence-corrected chi connectivity index (χ3v) is 16.9. The van der Waals surface area contributed by atoms with Crippen LogP contribution in [0.25, 0.3) is 0 Å². The van der Waals surface area contributed by atoms with Crippen LogP contribution in [-0.4, -0.2) is 21.4 Å². The van der Waals surface area contributed by atoms with Gasteiger partial charge in [-0.1, -0.05) is 143 Å². The van der Waals surface area contributed by atoms with Crippen LogP contribution >= 0.6 is 18.5 Å². The summed E-state index contributed by atoms with van der Waals surface area (Å²) in [5.74, 6) is 5.22. The highest BCUT2D eigenvalue weighted by Gasteiger charge is 2.58. The van der Waals surface area contributed by atoms with E-state index in [2.05, 4.69) is 46.2 Å². The zero-order valence-corrected chi connectivity index (χ0v) is 36.5. The van der Waals surface area contributed by atoms with Crippen LogP contribution in [0.1, 0.15) is 227 Å². The topological polar surface area (TPSA) is 37.3 Å². The van der Waals surface area contributed by atoms with Crippen LogP contribution in [0.5, 0.6) is 0 Å². The van der Waals surface area contributed by atoms with Crippen molar-refractivity contribution in [3.63, 3.8) is 0 Å². The highest BCUT2D eigenvalue weighted by atomic mass is 31.0. The Morgan fingerprint density at radius 2 is 0.500 bits per heavy atom. The molecule has 0 bridgehead atoms. The van der Waals surface area contributed by atoms with Gasteiger partial charge in [0.1, 0.15) is 0 Å². The molecule has 292 valence electrons. The van der Waals surface area contributed by atoms with Crippen LogP contribution < -0.4 is 0 Å². The fourth-order valence-corrected chi connectivity index (χ4v) is 16.1. The van der Waals surface area contributed by atoms with Gasteiger partial charge in [-0.15, -0.1) is 18.5 Å². The van der Waals surface area contributed by atoms with E-state index in [-0.39, 0.29) is 0 Å². The largest absolute Gasteiger partial charge is 0.481 e. The molecule has 2 atom stereocenters. The van der Waals surface area contributed by atoms with Gasteiger partial charge in [0.05, 0.1) is 0 Å². The van der Waals surface area contributed by atoms with Gasteiger partial charge < -0.3 is 5.11 Å². The van der Waals surface area contributed by atoms with Gasteiger partial charge >= 0.3 is 0 Å². The van der Waals surface area contributed by atoms with E-state index in [0.717, 1.165) is 42.4 Å². The monoisotopic (exact) mass is 733 g/mol. The number of aliphatic carboxylic acids is 1. The molecule has 0 spiro atoms. The molecule has 0 aromatic carbocycles. The first-order chi connectivity index (χ1) is 23.9. The van der Waals surface area contributed by atoms with Crippen LogP contribution in [0.4, 0.5) is 0 Å². The smallest absolute Gasteiger partial charge is 0.300 e. The summed E-state index contributed by atoms with van der Waals surface area (Å²) >= 11 is 0. The molecule has 6 fully saturated rings. The molecule has 0 aromatic rings. The normalized spacial score (nSPS) is 25.6. The van der Waals surface area contributed by atoms with Gasteiger partial charge in [-0.3, -0.25) is 4.79 Å². The van der Waals surface area contributed by atoms with Gasteiger partial charge in [-0.05, 0) is 134 Å². The fourth-order valence-electron chi connectivity index (χ4n) is 14.6. The summed E-state index contributed by atoms with van der Waals surface area (Å²) in [6.07, 6.45) is 45.5. The molecule has 50 heavy (non-hydrogen) atoms. The number of rotatable bonds is 8. The van der Waals surface area contributed by atoms with E-state index in [9.17, 15) is 0 Å². The lowest BCUT2D eigenvalue weighted by Crippen LogP contribution is -2.56. The average molecular weight is 733 g/mol. The minimum Gasteiger partial charge on any atom is -0.481 e. The van der Waals surface area contributed by atoms with Crippen LogP contribution in [-0.2, 0) is 4.79 Å². The van der Waals surface area contributed by atoms with E-state index in [1.165, 1.54) is 193 Å². The van der Waals surface area contributed by atoms with Crippen molar-refractivity contribution >= 4 is 24.4 Å². The molecule has 6 rings (SSSR count). The second-order valence-electron chi connectivity index (χ2n) is 19.8. The summed E-state index contributed by atoms with van der Waals surface area (Å²) in [5, 5.41) is 8.22. The lowest BCUT2D eigenvalue weighted by atomic mass is 9.47. The van der Waals surface area contributed by atoms with Crippen molar-refractivity contribution in [1.29, 1.82) is 0 Å². The van der Waals surface area contributed by atoms with E-state index in [1.807, 2.05) is 0 Å². The number of carbonyl (C=O) groups is 1. The Bertz CT molecular complexity index is 775. The van der Waals surface area contributed by atoms with Gasteiger partial charge in [0.25, 0.3) is 5.97 Å². The van der Waals surface area contributed by atoms with E-state index < -0.39 is 5.97 Å².